The van der Waals surface area contributed by atoms with E-state index in [-0.39, 0.29) is 49.6 Å². The van der Waals surface area contributed by atoms with E-state index in [2.05, 4.69) is 56.3 Å². The quantitative estimate of drug-likeness (QED) is 0.0524. The van der Waals surface area contributed by atoms with Gasteiger partial charge in [0.05, 0.1) is 57.4 Å². The molecule has 0 spiro atoms. The zero-order chi connectivity index (χ0) is 44.3. The number of carboxylic acids is 1. The number of piperazine rings is 2. The Morgan fingerprint density at radius 1 is 0.794 bits per heavy atom. The van der Waals surface area contributed by atoms with Gasteiger partial charge in [-0.25, -0.2) is 9.36 Å². The van der Waals surface area contributed by atoms with Gasteiger partial charge in [-0.3, -0.25) is 14.4 Å². The van der Waals surface area contributed by atoms with Gasteiger partial charge < -0.3 is 62.4 Å². The number of unbranched alkanes of at least 4 members (excludes halogenated alkanes) is 1. The van der Waals surface area contributed by atoms with E-state index in [0.717, 1.165) is 37.9 Å². The molecule has 23 heteroatoms. The van der Waals surface area contributed by atoms with Gasteiger partial charge in [0.25, 0.3) is 0 Å². The van der Waals surface area contributed by atoms with Crippen molar-refractivity contribution in [3.05, 3.63) is 23.8 Å². The summed E-state index contributed by atoms with van der Waals surface area (Å²) >= 11 is 0. The van der Waals surface area contributed by atoms with Crippen LogP contribution < -0.4 is 33.3 Å². The number of ether oxygens (including phenoxy) is 3. The Morgan fingerprint density at radius 3 is 1.94 bits per heavy atom. The Labute approximate surface area is 375 Å². The molecule has 3 atom stereocenters. The normalized spacial score (nSPS) is 15.7. The highest BCUT2D eigenvalue weighted by atomic mass is 35.5. The molecule has 2 fully saturated rings. The number of quaternary nitrogens is 1. The molecule has 0 radical (unpaired) electrons. The van der Waals surface area contributed by atoms with Crippen LogP contribution in [0.4, 0.5) is 17.8 Å². The summed E-state index contributed by atoms with van der Waals surface area (Å²) in [6.45, 7) is 13.4. The minimum Gasteiger partial charge on any atom is -1.00 e. The molecule has 5 rings (SSSR count). The number of rotatable bonds is 26. The third kappa shape index (κ3) is 15.2. The number of anilines is 3. The van der Waals surface area contributed by atoms with Crippen molar-refractivity contribution in [3.63, 3.8) is 0 Å². The van der Waals surface area contributed by atoms with E-state index in [9.17, 15) is 14.4 Å². The summed E-state index contributed by atoms with van der Waals surface area (Å²) in [7, 11) is 0. The van der Waals surface area contributed by atoms with Crippen molar-refractivity contribution >= 4 is 35.6 Å². The second-order valence-corrected chi connectivity index (χ2v) is 15.4. The number of nitrogens with zero attached hydrogens (tertiary/aromatic N) is 13. The van der Waals surface area contributed by atoms with Crippen LogP contribution in [0.5, 0.6) is 0 Å². The van der Waals surface area contributed by atoms with Crippen molar-refractivity contribution in [1.29, 1.82) is 0 Å². The number of hydrogen-bond acceptors (Lipinski definition) is 16. The zero-order valence-corrected chi connectivity index (χ0v) is 37.6. The Balaban J connectivity index is 0.00000871. The Bertz CT molecular complexity index is 1900. The standard InChI is InChI=1S/C40H63N15O7.ClH/c1-5-22-60-24-26-62-27-25-61-23-13-42-38-43-39(52-18-14-50(15-19-52)36(58)31(4)54-28-33(47-48-54)10-11-34(56)57)45-40(44-38)53-20-16-51(17-21-53)37(59)35(30(3)6-2)55-29-32(46-49-55)9-7-8-12-41;/h1,28-31,35H,6-27,41H2,2-4H3,(H,56,57)(H,42,43,44,45);1H. The summed E-state index contributed by atoms with van der Waals surface area (Å²) in [4.78, 5) is 60.9. The number of halogens is 1. The first-order valence-corrected chi connectivity index (χ1v) is 21.7. The van der Waals surface area contributed by atoms with E-state index in [1.807, 2.05) is 16.0 Å². The topological polar surface area (TPSA) is 252 Å². The molecular formula is C40H64ClN15O7. The minimum atomic E-state index is -0.921. The molecule has 2 saturated heterocycles. The lowest BCUT2D eigenvalue weighted by Gasteiger charge is -2.38. The molecule has 63 heavy (non-hydrogen) atoms. The Hall–Kier alpha value is -5.21. The van der Waals surface area contributed by atoms with Gasteiger partial charge in [0.2, 0.25) is 29.7 Å². The Kier molecular flexibility index (Phi) is 21.2. The maximum atomic E-state index is 14.1. The van der Waals surface area contributed by atoms with E-state index in [0.29, 0.717) is 115 Å². The monoisotopic (exact) mass is 901 g/mol. The summed E-state index contributed by atoms with van der Waals surface area (Å²) in [5.41, 5.74) is 5.33. The van der Waals surface area contributed by atoms with Crippen molar-refractivity contribution < 1.29 is 51.8 Å². The van der Waals surface area contributed by atoms with Crippen molar-refractivity contribution in [3.8, 4) is 12.3 Å². The molecule has 2 amide bonds. The highest BCUT2D eigenvalue weighted by Gasteiger charge is 2.34. The van der Waals surface area contributed by atoms with Gasteiger partial charge in [0.1, 0.15) is 18.7 Å². The molecule has 5 N–H and O–H groups in total. The predicted molar refractivity (Wildman–Crippen MR) is 227 cm³/mol. The van der Waals surface area contributed by atoms with Crippen molar-refractivity contribution in [2.75, 3.05) is 120 Å². The number of carbonyl (C=O) groups is 3. The molecule has 0 saturated carbocycles. The van der Waals surface area contributed by atoms with Crippen LogP contribution in [0, 0.1) is 18.3 Å². The van der Waals surface area contributed by atoms with Crippen molar-refractivity contribution in [2.45, 2.75) is 71.4 Å². The number of aromatic nitrogens is 9. The average Bonchev–Trinajstić information content (AvgIpc) is 3.97. The molecule has 3 unspecified atom stereocenters. The maximum absolute atomic E-state index is 14.1. The highest BCUT2D eigenvalue weighted by Crippen LogP contribution is 2.26. The van der Waals surface area contributed by atoms with Crippen LogP contribution >= 0.6 is 0 Å². The Morgan fingerprint density at radius 2 is 1.35 bits per heavy atom. The van der Waals surface area contributed by atoms with Gasteiger partial charge in [-0.2, -0.15) is 15.0 Å². The number of nitrogens with one attached hydrogen (secondary N) is 1. The fraction of sp³-hybridized carbons (Fsp3) is 0.700. The van der Waals surface area contributed by atoms with Gasteiger partial charge in [0.15, 0.2) is 0 Å². The smallest absolute Gasteiger partial charge is 0.303 e. The summed E-state index contributed by atoms with van der Waals surface area (Å²) in [5.74, 6) is 2.83. The molecule has 2 aliphatic rings. The summed E-state index contributed by atoms with van der Waals surface area (Å²) in [5, 5.41) is 29.2. The number of carboxylic acid groups (broad SMARTS) is 1. The molecular weight excluding hydrogens is 838 g/mol. The predicted octanol–water partition coefficient (Wildman–Crippen LogP) is -3.42. The van der Waals surface area contributed by atoms with Crippen LogP contribution in [0.15, 0.2) is 12.4 Å². The van der Waals surface area contributed by atoms with Gasteiger partial charge >= 0.3 is 5.97 Å². The summed E-state index contributed by atoms with van der Waals surface area (Å²) in [6.07, 6.45) is 12.5. The fourth-order valence-corrected chi connectivity index (χ4v) is 7.08. The van der Waals surface area contributed by atoms with Gasteiger partial charge in [-0.05, 0) is 32.1 Å². The average molecular weight is 903 g/mol. The van der Waals surface area contributed by atoms with Gasteiger partial charge in [-0.15, -0.1) is 16.6 Å². The first kappa shape index (κ1) is 50.4. The zero-order valence-electron chi connectivity index (χ0n) is 36.8. The van der Waals surface area contributed by atoms with Crippen LogP contribution in [0.2, 0.25) is 0 Å². The second kappa shape index (κ2) is 26.4. The molecule has 5 heterocycles. The van der Waals surface area contributed by atoms with Crippen LogP contribution in [0.1, 0.15) is 69.9 Å². The third-order valence-corrected chi connectivity index (χ3v) is 10.9. The lowest BCUT2D eigenvalue weighted by atomic mass is 9.97. The van der Waals surface area contributed by atoms with E-state index in [1.54, 1.807) is 22.7 Å². The van der Waals surface area contributed by atoms with Crippen LogP contribution in [0.3, 0.4) is 0 Å². The molecule has 0 bridgehead atoms. The molecule has 348 valence electrons. The molecule has 3 aromatic rings. The number of aryl methyl sites for hydroxylation is 2. The highest BCUT2D eigenvalue weighted by molar-refractivity contribution is 5.81. The lowest BCUT2D eigenvalue weighted by Crippen LogP contribution is -3.00. The third-order valence-electron chi connectivity index (χ3n) is 10.9. The number of carbonyl (C=O) groups excluding carboxylic acids is 2. The summed E-state index contributed by atoms with van der Waals surface area (Å²) in [6, 6.07) is -1.06. The molecule has 2 aliphatic heterocycles. The first-order valence-electron chi connectivity index (χ1n) is 21.7. The first-order chi connectivity index (χ1) is 30.1. The SMILES string of the molecule is C#CCOCCOCCOCCNc1nc(N2CCN(C(=O)C(C)n3cc(CCC(=O)O)nn3)CC2)nc(N2CCN(C(=O)C(C(C)CC)n3cc(CCCC[NH3+])nn3)CC2)n1.[Cl-]. The van der Waals surface area contributed by atoms with Crippen molar-refractivity contribution in [2.24, 2.45) is 5.92 Å². The largest absolute Gasteiger partial charge is 1.00 e. The second-order valence-electron chi connectivity index (χ2n) is 15.4. The van der Waals surface area contributed by atoms with Crippen LogP contribution in [-0.2, 0) is 41.4 Å². The molecule has 3 aromatic heterocycles. The molecule has 0 aliphatic carbocycles. The molecule has 22 nitrogen and oxygen atoms in total. The number of aliphatic carboxylic acids is 1. The van der Waals surface area contributed by atoms with E-state index in [1.165, 1.54) is 4.68 Å². The number of terminal acetylenes is 1. The van der Waals surface area contributed by atoms with Crippen LogP contribution in [-0.4, -0.2) is 183 Å². The molecule has 0 aromatic carbocycles. The maximum Gasteiger partial charge on any atom is 0.303 e. The number of hydrogen-bond donors (Lipinski definition) is 3. The lowest BCUT2D eigenvalue weighted by molar-refractivity contribution is -0.368. The fourth-order valence-electron chi connectivity index (χ4n) is 7.08. The van der Waals surface area contributed by atoms with Crippen molar-refractivity contribution in [1.82, 2.24) is 54.7 Å². The minimum absolute atomic E-state index is 0. The van der Waals surface area contributed by atoms with E-state index in [4.69, 9.17) is 40.7 Å². The summed E-state index contributed by atoms with van der Waals surface area (Å²) < 4.78 is 19.7. The van der Waals surface area contributed by atoms with E-state index < -0.39 is 18.1 Å². The van der Waals surface area contributed by atoms with E-state index >= 15 is 0 Å². The van der Waals surface area contributed by atoms with Gasteiger partial charge in [0, 0.05) is 77.7 Å². The van der Waals surface area contributed by atoms with Crippen LogP contribution in [0.25, 0.3) is 0 Å². The van der Waals surface area contributed by atoms with Gasteiger partial charge in [-0.1, -0.05) is 36.6 Å². The number of amides is 2.